The summed E-state index contributed by atoms with van der Waals surface area (Å²) in [6.07, 6.45) is 0.477. The Bertz CT molecular complexity index is 917. The van der Waals surface area contributed by atoms with Gasteiger partial charge in [-0.05, 0) is 30.9 Å². The average Bonchev–Trinajstić information content (AvgIpc) is 2.78. The van der Waals surface area contributed by atoms with Crippen molar-refractivity contribution in [3.8, 4) is 11.3 Å². The minimum atomic E-state index is 0.0215. The van der Waals surface area contributed by atoms with Gasteiger partial charge in [0.2, 0.25) is 11.8 Å². The molecule has 0 atom stereocenters. The molecular weight excluding hydrogens is 414 g/mol. The Labute approximate surface area is 197 Å². The van der Waals surface area contributed by atoms with Crippen LogP contribution >= 0.6 is 0 Å². The second-order valence-corrected chi connectivity index (χ2v) is 9.78. The first-order valence-corrected chi connectivity index (χ1v) is 11.9. The topological polar surface area (TPSA) is 69.6 Å². The van der Waals surface area contributed by atoms with Gasteiger partial charge in [0.15, 0.2) is 5.82 Å². The summed E-state index contributed by atoms with van der Waals surface area (Å²) in [6, 6.07) is 12.2. The van der Waals surface area contributed by atoms with Crippen molar-refractivity contribution >= 4 is 17.6 Å². The first-order valence-electron chi connectivity index (χ1n) is 11.9. The lowest BCUT2D eigenvalue weighted by atomic mass is 10.1. The number of aryl methyl sites for hydroxylation is 1. The van der Waals surface area contributed by atoms with E-state index >= 15 is 0 Å². The summed E-state index contributed by atoms with van der Waals surface area (Å²) in [5.74, 6) is 1.52. The Morgan fingerprint density at radius 3 is 2.12 bits per heavy atom. The number of piperazine rings is 1. The van der Waals surface area contributed by atoms with E-state index < -0.39 is 0 Å². The van der Waals surface area contributed by atoms with Crippen molar-refractivity contribution in [3.05, 3.63) is 42.0 Å². The zero-order chi connectivity index (χ0) is 24.0. The molecule has 2 amide bonds. The number of amides is 2. The van der Waals surface area contributed by atoms with Crippen LogP contribution in [-0.4, -0.2) is 71.1 Å². The summed E-state index contributed by atoms with van der Waals surface area (Å²) in [4.78, 5) is 31.3. The lowest BCUT2D eigenvalue weighted by Crippen LogP contribution is -2.52. The molecule has 3 rings (SSSR count). The van der Waals surface area contributed by atoms with E-state index in [0.29, 0.717) is 45.1 Å². The number of rotatable bonds is 8. The maximum Gasteiger partial charge on any atom is 0.242 e. The van der Waals surface area contributed by atoms with Gasteiger partial charge in [0.25, 0.3) is 0 Å². The van der Waals surface area contributed by atoms with Crippen LogP contribution in [0.4, 0.5) is 5.82 Å². The molecule has 33 heavy (non-hydrogen) atoms. The predicted molar refractivity (Wildman–Crippen MR) is 132 cm³/mol. The molecule has 178 valence electrons. The molecular formula is C26H37N5O2. The maximum atomic E-state index is 12.9. The van der Waals surface area contributed by atoms with E-state index in [1.807, 2.05) is 30.9 Å². The number of benzene rings is 1. The summed E-state index contributed by atoms with van der Waals surface area (Å²) in [7, 11) is 0. The number of nitrogens with zero attached hydrogens (tertiary/aromatic N) is 5. The molecule has 0 N–H and O–H groups in total. The van der Waals surface area contributed by atoms with E-state index in [4.69, 9.17) is 0 Å². The molecule has 1 aromatic carbocycles. The normalized spacial score (nSPS) is 14.2. The van der Waals surface area contributed by atoms with E-state index in [9.17, 15) is 9.59 Å². The molecule has 0 unspecified atom stereocenters. The molecule has 1 fully saturated rings. The molecule has 0 saturated carbocycles. The van der Waals surface area contributed by atoms with Gasteiger partial charge in [-0.15, -0.1) is 10.2 Å². The van der Waals surface area contributed by atoms with E-state index in [1.54, 1.807) is 4.90 Å². The highest BCUT2D eigenvalue weighted by molar-refractivity contribution is 5.85. The standard InChI is InChI=1S/C26H37N5O2/c1-19(2)16-25(32)31(17-20(3)4)18-26(33)30-14-12-29(13-15-30)24-11-10-23(27-28-24)22-8-6-21(5)7-9-22/h6-11,19-20H,12-18H2,1-5H3. The molecule has 2 aromatic rings. The maximum absolute atomic E-state index is 12.9. The summed E-state index contributed by atoms with van der Waals surface area (Å²) in [6.45, 7) is 13.7. The fraction of sp³-hybridized carbons (Fsp3) is 0.538. The predicted octanol–water partition coefficient (Wildman–Crippen LogP) is 3.63. The SMILES string of the molecule is Cc1ccc(-c2ccc(N3CCN(C(=O)CN(CC(C)C)C(=O)CC(C)C)CC3)nn2)cc1. The Morgan fingerprint density at radius 1 is 0.909 bits per heavy atom. The summed E-state index contributed by atoms with van der Waals surface area (Å²) < 4.78 is 0. The van der Waals surface area contributed by atoms with E-state index in [0.717, 1.165) is 17.1 Å². The quantitative estimate of drug-likeness (QED) is 0.613. The van der Waals surface area contributed by atoms with E-state index in [-0.39, 0.29) is 24.3 Å². The molecule has 0 radical (unpaired) electrons. The van der Waals surface area contributed by atoms with Gasteiger partial charge in [-0.1, -0.05) is 57.5 Å². The lowest BCUT2D eigenvalue weighted by Gasteiger charge is -2.36. The molecule has 0 spiro atoms. The number of hydrogen-bond donors (Lipinski definition) is 0. The van der Waals surface area contributed by atoms with Gasteiger partial charge < -0.3 is 14.7 Å². The summed E-state index contributed by atoms with van der Waals surface area (Å²) in [5, 5.41) is 8.82. The Kier molecular flexibility index (Phi) is 8.42. The molecule has 1 saturated heterocycles. The van der Waals surface area contributed by atoms with E-state index in [2.05, 4.69) is 60.1 Å². The molecule has 1 aromatic heterocycles. The van der Waals surface area contributed by atoms with Crippen LogP contribution in [0.25, 0.3) is 11.3 Å². The van der Waals surface area contributed by atoms with Gasteiger partial charge in [-0.3, -0.25) is 9.59 Å². The van der Waals surface area contributed by atoms with Crippen LogP contribution in [0.15, 0.2) is 36.4 Å². The Morgan fingerprint density at radius 2 is 1.58 bits per heavy atom. The molecule has 1 aliphatic heterocycles. The zero-order valence-corrected chi connectivity index (χ0v) is 20.6. The fourth-order valence-corrected chi connectivity index (χ4v) is 3.99. The van der Waals surface area contributed by atoms with Crippen LogP contribution in [0.3, 0.4) is 0 Å². The monoisotopic (exact) mass is 451 g/mol. The Balaban J connectivity index is 1.55. The van der Waals surface area contributed by atoms with Gasteiger partial charge in [0, 0.05) is 44.7 Å². The fourth-order valence-electron chi connectivity index (χ4n) is 3.99. The van der Waals surface area contributed by atoms with Crippen LogP contribution in [-0.2, 0) is 9.59 Å². The molecule has 7 nitrogen and oxygen atoms in total. The summed E-state index contributed by atoms with van der Waals surface area (Å²) in [5.41, 5.74) is 3.12. The van der Waals surface area contributed by atoms with Crippen molar-refractivity contribution in [2.45, 2.75) is 41.0 Å². The van der Waals surface area contributed by atoms with Crippen LogP contribution in [0, 0.1) is 18.8 Å². The lowest BCUT2D eigenvalue weighted by molar-refractivity contribution is -0.141. The minimum Gasteiger partial charge on any atom is -0.352 e. The van der Waals surface area contributed by atoms with Crippen LogP contribution in [0.2, 0.25) is 0 Å². The van der Waals surface area contributed by atoms with Crippen LogP contribution in [0.5, 0.6) is 0 Å². The van der Waals surface area contributed by atoms with Gasteiger partial charge in [0.05, 0.1) is 12.2 Å². The summed E-state index contributed by atoms with van der Waals surface area (Å²) >= 11 is 0. The van der Waals surface area contributed by atoms with Crippen molar-refractivity contribution in [3.63, 3.8) is 0 Å². The van der Waals surface area contributed by atoms with Gasteiger partial charge in [0.1, 0.15) is 0 Å². The zero-order valence-electron chi connectivity index (χ0n) is 20.6. The first kappa shape index (κ1) is 24.7. The van der Waals surface area contributed by atoms with Gasteiger partial charge in [-0.25, -0.2) is 0 Å². The largest absolute Gasteiger partial charge is 0.352 e. The second kappa shape index (κ2) is 11.3. The third-order valence-electron chi connectivity index (χ3n) is 5.80. The average molecular weight is 452 g/mol. The number of anilines is 1. The highest BCUT2D eigenvalue weighted by Gasteiger charge is 2.26. The van der Waals surface area contributed by atoms with Crippen LogP contribution in [0.1, 0.15) is 39.7 Å². The third-order valence-corrected chi connectivity index (χ3v) is 5.80. The van der Waals surface area contributed by atoms with Gasteiger partial charge in [-0.2, -0.15) is 0 Å². The number of carbonyl (C=O) groups excluding carboxylic acids is 2. The molecule has 1 aliphatic rings. The number of carbonyl (C=O) groups is 2. The highest BCUT2D eigenvalue weighted by atomic mass is 16.2. The first-order chi connectivity index (χ1) is 15.7. The van der Waals surface area contributed by atoms with E-state index in [1.165, 1.54) is 5.56 Å². The molecule has 2 heterocycles. The van der Waals surface area contributed by atoms with Crippen molar-refractivity contribution < 1.29 is 9.59 Å². The minimum absolute atomic E-state index is 0.0215. The van der Waals surface area contributed by atoms with Crippen molar-refractivity contribution in [2.75, 3.05) is 44.2 Å². The number of aromatic nitrogens is 2. The molecule has 0 bridgehead atoms. The smallest absolute Gasteiger partial charge is 0.242 e. The van der Waals surface area contributed by atoms with Gasteiger partial charge >= 0.3 is 0 Å². The van der Waals surface area contributed by atoms with Crippen molar-refractivity contribution in [1.29, 1.82) is 0 Å². The third kappa shape index (κ3) is 7.01. The van der Waals surface area contributed by atoms with Crippen LogP contribution < -0.4 is 4.90 Å². The molecule has 7 heteroatoms. The number of hydrogen-bond acceptors (Lipinski definition) is 5. The van der Waals surface area contributed by atoms with Crippen molar-refractivity contribution in [1.82, 2.24) is 20.0 Å². The second-order valence-electron chi connectivity index (χ2n) is 9.78. The molecule has 0 aliphatic carbocycles. The van der Waals surface area contributed by atoms with Crippen molar-refractivity contribution in [2.24, 2.45) is 11.8 Å². The highest BCUT2D eigenvalue weighted by Crippen LogP contribution is 2.20. The Hall–Kier alpha value is -2.96.